The summed E-state index contributed by atoms with van der Waals surface area (Å²) in [6.07, 6.45) is 2.65. The second-order valence-corrected chi connectivity index (χ2v) is 7.42. The minimum absolute atomic E-state index is 0.0360. The zero-order chi connectivity index (χ0) is 14.9. The molecule has 1 saturated carbocycles. The maximum atomic E-state index is 14.4. The largest absolute Gasteiger partial charge is 0.316 e. The minimum atomic E-state index is -3.85. The number of rotatable bonds is 5. The highest BCUT2D eigenvalue weighted by molar-refractivity contribution is 7.89. The number of hydrogen-bond acceptors (Lipinski definition) is 3. The molecule has 112 valence electrons. The van der Waals surface area contributed by atoms with Crippen LogP contribution in [0.3, 0.4) is 0 Å². The molecule has 0 radical (unpaired) electrons. The minimum Gasteiger partial charge on any atom is -0.316 e. The van der Waals surface area contributed by atoms with Crippen LogP contribution < -0.4 is 5.32 Å². The Bertz CT molecular complexity index is 603. The molecule has 1 aliphatic rings. The predicted octanol–water partition coefficient (Wildman–Crippen LogP) is 2.37. The number of benzene rings is 1. The molecule has 1 aliphatic carbocycles. The molecule has 1 aromatic rings. The van der Waals surface area contributed by atoms with Gasteiger partial charge < -0.3 is 5.32 Å². The molecule has 0 aliphatic heterocycles. The lowest BCUT2D eigenvalue weighted by Gasteiger charge is -2.33. The van der Waals surface area contributed by atoms with E-state index < -0.39 is 15.8 Å². The second kappa shape index (κ2) is 5.97. The van der Waals surface area contributed by atoms with Crippen LogP contribution >= 0.6 is 11.6 Å². The smallest absolute Gasteiger partial charge is 0.246 e. The summed E-state index contributed by atoms with van der Waals surface area (Å²) in [4.78, 5) is -0.343. The number of nitrogens with zero attached hydrogens (tertiary/aromatic N) is 1. The van der Waals surface area contributed by atoms with Crippen LogP contribution in [0.5, 0.6) is 0 Å². The predicted molar refractivity (Wildman–Crippen MR) is 76.8 cm³/mol. The fourth-order valence-corrected chi connectivity index (χ4v) is 4.08. The van der Waals surface area contributed by atoms with E-state index in [2.05, 4.69) is 5.32 Å². The molecule has 0 spiro atoms. The van der Waals surface area contributed by atoms with Crippen molar-refractivity contribution >= 4 is 21.6 Å². The lowest BCUT2D eigenvalue weighted by Crippen LogP contribution is -2.41. The van der Waals surface area contributed by atoms with Crippen LogP contribution in [0, 0.1) is 5.82 Å². The standard InChI is InChI=1S/C13H18ClFN2O2S/c1-16-8-9-6-10(14)7-12(13(9)15)20(18,19)17(2)11-4-3-5-11/h6-7,11,16H,3-5,8H2,1-2H3. The van der Waals surface area contributed by atoms with E-state index in [1.807, 2.05) is 0 Å². The van der Waals surface area contributed by atoms with Gasteiger partial charge in [-0.3, -0.25) is 0 Å². The fourth-order valence-electron chi connectivity index (χ4n) is 2.23. The summed E-state index contributed by atoms with van der Waals surface area (Å²) in [6, 6.07) is 2.59. The van der Waals surface area contributed by atoms with Gasteiger partial charge in [0.1, 0.15) is 10.7 Å². The van der Waals surface area contributed by atoms with Crippen molar-refractivity contribution < 1.29 is 12.8 Å². The van der Waals surface area contributed by atoms with E-state index in [1.54, 1.807) is 7.05 Å². The van der Waals surface area contributed by atoms with Gasteiger partial charge in [0.15, 0.2) is 0 Å². The summed E-state index contributed by atoms with van der Waals surface area (Å²) < 4.78 is 40.6. The number of halogens is 2. The van der Waals surface area contributed by atoms with Crippen molar-refractivity contribution in [3.8, 4) is 0 Å². The molecule has 1 fully saturated rings. The highest BCUT2D eigenvalue weighted by Crippen LogP contribution is 2.31. The van der Waals surface area contributed by atoms with Crippen molar-refractivity contribution in [2.24, 2.45) is 0 Å². The van der Waals surface area contributed by atoms with Crippen LogP contribution in [-0.2, 0) is 16.6 Å². The Labute approximate surface area is 124 Å². The first-order valence-corrected chi connectivity index (χ1v) is 8.30. The van der Waals surface area contributed by atoms with Crippen LogP contribution in [0.25, 0.3) is 0 Å². The maximum Gasteiger partial charge on any atom is 0.246 e. The van der Waals surface area contributed by atoms with Gasteiger partial charge in [0.05, 0.1) is 0 Å². The Morgan fingerprint density at radius 2 is 2.10 bits per heavy atom. The molecule has 0 unspecified atom stereocenters. The Kier molecular flexibility index (Phi) is 4.69. The first-order chi connectivity index (χ1) is 9.37. The molecule has 0 saturated heterocycles. The van der Waals surface area contributed by atoms with Crippen LogP contribution in [0.1, 0.15) is 24.8 Å². The maximum absolute atomic E-state index is 14.4. The fraction of sp³-hybridized carbons (Fsp3) is 0.538. The van der Waals surface area contributed by atoms with Gasteiger partial charge in [0.2, 0.25) is 10.0 Å². The second-order valence-electron chi connectivity index (χ2n) is 5.01. The summed E-state index contributed by atoms with van der Waals surface area (Å²) in [6.45, 7) is 0.224. The Morgan fingerprint density at radius 1 is 1.45 bits per heavy atom. The Morgan fingerprint density at radius 3 is 2.60 bits per heavy atom. The number of nitrogens with one attached hydrogen (secondary N) is 1. The summed E-state index contributed by atoms with van der Waals surface area (Å²) in [5.74, 6) is -0.727. The first-order valence-electron chi connectivity index (χ1n) is 6.48. The zero-order valence-electron chi connectivity index (χ0n) is 11.5. The molecule has 1 N–H and O–H groups in total. The van der Waals surface area contributed by atoms with Gasteiger partial charge in [-0.1, -0.05) is 18.0 Å². The van der Waals surface area contributed by atoms with E-state index in [1.165, 1.54) is 23.5 Å². The lowest BCUT2D eigenvalue weighted by molar-refractivity contribution is 0.249. The first kappa shape index (κ1) is 15.7. The van der Waals surface area contributed by atoms with Gasteiger partial charge >= 0.3 is 0 Å². The summed E-state index contributed by atoms with van der Waals surface area (Å²) >= 11 is 5.92. The van der Waals surface area contributed by atoms with Crippen molar-refractivity contribution in [2.45, 2.75) is 36.7 Å². The van der Waals surface area contributed by atoms with Crippen molar-refractivity contribution in [2.75, 3.05) is 14.1 Å². The van der Waals surface area contributed by atoms with Gasteiger partial charge in [-0.15, -0.1) is 0 Å². The topological polar surface area (TPSA) is 49.4 Å². The van der Waals surface area contributed by atoms with E-state index in [0.717, 1.165) is 19.3 Å². The molecular weight excluding hydrogens is 303 g/mol. The normalized spacial score (nSPS) is 16.4. The van der Waals surface area contributed by atoms with Crippen molar-refractivity contribution in [3.05, 3.63) is 28.5 Å². The van der Waals surface area contributed by atoms with E-state index in [0.29, 0.717) is 0 Å². The average molecular weight is 321 g/mol. The van der Waals surface area contributed by atoms with Gasteiger partial charge in [0, 0.05) is 30.2 Å². The van der Waals surface area contributed by atoms with Crippen molar-refractivity contribution in [1.29, 1.82) is 0 Å². The Balaban J connectivity index is 2.45. The molecule has 7 heteroatoms. The summed E-state index contributed by atoms with van der Waals surface area (Å²) in [7, 11) is -0.688. The van der Waals surface area contributed by atoms with Crippen LogP contribution in [-0.4, -0.2) is 32.9 Å². The molecule has 0 heterocycles. The SMILES string of the molecule is CNCc1cc(Cl)cc(S(=O)(=O)N(C)C2CCC2)c1F. The van der Waals surface area contributed by atoms with E-state index >= 15 is 0 Å². The van der Waals surface area contributed by atoms with Crippen LogP contribution in [0.2, 0.25) is 5.02 Å². The molecular formula is C13H18ClFN2O2S. The highest BCUT2D eigenvalue weighted by Gasteiger charge is 2.34. The Hall–Kier alpha value is -0.690. The quantitative estimate of drug-likeness (QED) is 0.906. The molecule has 20 heavy (non-hydrogen) atoms. The van der Waals surface area contributed by atoms with Gasteiger partial charge in [-0.25, -0.2) is 12.8 Å². The highest BCUT2D eigenvalue weighted by atomic mass is 35.5. The molecule has 0 bridgehead atoms. The molecule has 4 nitrogen and oxygen atoms in total. The van der Waals surface area contributed by atoms with Crippen LogP contribution in [0.4, 0.5) is 4.39 Å². The van der Waals surface area contributed by atoms with Crippen molar-refractivity contribution in [1.82, 2.24) is 9.62 Å². The summed E-state index contributed by atoms with van der Waals surface area (Å²) in [5, 5.41) is 3.02. The van der Waals surface area contributed by atoms with Crippen molar-refractivity contribution in [3.63, 3.8) is 0 Å². The van der Waals surface area contributed by atoms with Gasteiger partial charge in [-0.2, -0.15) is 4.31 Å². The third kappa shape index (κ3) is 2.83. The van der Waals surface area contributed by atoms with E-state index in [-0.39, 0.29) is 28.1 Å². The molecule has 2 rings (SSSR count). The third-order valence-electron chi connectivity index (χ3n) is 3.69. The molecule has 0 atom stereocenters. The zero-order valence-corrected chi connectivity index (χ0v) is 13.1. The molecule has 0 aromatic heterocycles. The molecule has 1 aromatic carbocycles. The van der Waals surface area contributed by atoms with E-state index in [9.17, 15) is 12.8 Å². The van der Waals surface area contributed by atoms with E-state index in [4.69, 9.17) is 11.6 Å². The monoisotopic (exact) mass is 320 g/mol. The lowest BCUT2D eigenvalue weighted by atomic mass is 9.94. The summed E-state index contributed by atoms with van der Waals surface area (Å²) in [5.41, 5.74) is 0.251. The average Bonchev–Trinajstić information content (AvgIpc) is 2.31. The van der Waals surface area contributed by atoms with Gasteiger partial charge in [-0.05, 0) is 32.0 Å². The van der Waals surface area contributed by atoms with Gasteiger partial charge in [0.25, 0.3) is 0 Å². The third-order valence-corrected chi connectivity index (χ3v) is 5.82. The number of sulfonamides is 1. The molecule has 0 amide bonds. The number of hydrogen-bond donors (Lipinski definition) is 1. The van der Waals surface area contributed by atoms with Crippen LogP contribution in [0.15, 0.2) is 17.0 Å².